The predicted molar refractivity (Wildman–Crippen MR) is 91.5 cm³/mol. The van der Waals surface area contributed by atoms with Crippen molar-refractivity contribution < 1.29 is 19.5 Å². The summed E-state index contributed by atoms with van der Waals surface area (Å²) >= 11 is 0. The molecule has 0 aliphatic carbocycles. The average molecular weight is 344 g/mol. The number of nitrogens with one attached hydrogen (secondary N) is 1. The lowest BCUT2D eigenvalue weighted by molar-refractivity contribution is -0.152. The number of aliphatic carboxylic acids is 1. The van der Waals surface area contributed by atoms with Crippen LogP contribution in [0.5, 0.6) is 0 Å². The summed E-state index contributed by atoms with van der Waals surface area (Å²) in [5.41, 5.74) is -0.584. The first-order chi connectivity index (χ1) is 11.8. The van der Waals surface area contributed by atoms with Crippen LogP contribution in [0, 0.1) is 17.8 Å². The highest BCUT2D eigenvalue weighted by atomic mass is 16.4. The molecule has 2 amide bonds. The number of benzene rings is 1. The smallest absolute Gasteiger partial charge is 0.324 e. The molecule has 0 spiro atoms. The molecule has 2 saturated heterocycles. The van der Waals surface area contributed by atoms with Crippen molar-refractivity contribution >= 4 is 17.8 Å². The number of carboxylic acid groups (broad SMARTS) is 1. The van der Waals surface area contributed by atoms with Gasteiger partial charge in [-0.25, -0.2) is 0 Å². The van der Waals surface area contributed by atoms with Crippen LogP contribution in [0.15, 0.2) is 30.3 Å². The Kier molecular flexibility index (Phi) is 4.41. The van der Waals surface area contributed by atoms with Gasteiger partial charge in [0, 0.05) is 12.6 Å². The molecular formula is C19H24N2O4. The summed E-state index contributed by atoms with van der Waals surface area (Å²) in [5, 5.41) is 13.2. The molecule has 134 valence electrons. The molecule has 0 radical (unpaired) electrons. The lowest BCUT2D eigenvalue weighted by atomic mass is 9.75. The molecule has 1 aromatic rings. The summed E-state index contributed by atoms with van der Waals surface area (Å²) in [6.45, 7) is 5.86. The minimum absolute atomic E-state index is 0.0670. The van der Waals surface area contributed by atoms with Crippen LogP contribution in [0.25, 0.3) is 0 Å². The van der Waals surface area contributed by atoms with Crippen LogP contribution in [0.2, 0.25) is 0 Å². The highest BCUT2D eigenvalue weighted by Gasteiger charge is 2.68. The number of carbonyl (C=O) groups excluding carboxylic acids is 2. The second kappa shape index (κ2) is 6.26. The molecule has 25 heavy (non-hydrogen) atoms. The van der Waals surface area contributed by atoms with Crippen LogP contribution < -0.4 is 5.32 Å². The van der Waals surface area contributed by atoms with Gasteiger partial charge in [-0.05, 0) is 24.8 Å². The second-order valence-electron chi connectivity index (χ2n) is 7.33. The topological polar surface area (TPSA) is 86.7 Å². The molecule has 3 rings (SSSR count). The van der Waals surface area contributed by atoms with E-state index < -0.39 is 29.4 Å². The number of amides is 2. The van der Waals surface area contributed by atoms with Crippen LogP contribution in [0.1, 0.15) is 38.8 Å². The minimum atomic E-state index is -1.42. The highest BCUT2D eigenvalue weighted by Crippen LogP contribution is 2.50. The molecule has 2 heterocycles. The van der Waals surface area contributed by atoms with Crippen molar-refractivity contribution in [2.24, 2.45) is 17.8 Å². The zero-order valence-corrected chi connectivity index (χ0v) is 14.7. The van der Waals surface area contributed by atoms with Gasteiger partial charge in [0.2, 0.25) is 11.8 Å². The number of hydrogen-bond donors (Lipinski definition) is 2. The molecule has 4 unspecified atom stereocenters. The van der Waals surface area contributed by atoms with Crippen molar-refractivity contribution in [3.63, 3.8) is 0 Å². The summed E-state index contributed by atoms with van der Waals surface area (Å²) in [6.07, 6.45) is 0.295. The van der Waals surface area contributed by atoms with E-state index in [1.807, 2.05) is 44.2 Å². The number of carbonyl (C=O) groups is 3. The third-order valence-corrected chi connectivity index (χ3v) is 5.33. The number of carboxylic acids is 1. The molecule has 6 heteroatoms. The van der Waals surface area contributed by atoms with Crippen LogP contribution in [-0.4, -0.2) is 39.9 Å². The van der Waals surface area contributed by atoms with E-state index >= 15 is 0 Å². The minimum Gasteiger partial charge on any atom is -0.480 e. The standard InChI is InChI=1S/C19H24N2O4/c1-4-21-16(22)13-14(17(21)23)19(18(24)25,10-11(2)3)20-15(13)12-8-6-5-7-9-12/h5-9,11,13-15,20H,4,10H2,1-3H3,(H,24,25). The molecule has 0 saturated carbocycles. The SMILES string of the molecule is CCN1C(=O)C2C(c3ccccc3)NC(CC(C)C)(C(=O)O)C2C1=O. The fourth-order valence-corrected chi connectivity index (χ4v) is 4.44. The Balaban J connectivity index is 2.14. The number of likely N-dealkylation sites (tertiary alicyclic amines) is 1. The zero-order valence-electron chi connectivity index (χ0n) is 14.7. The van der Waals surface area contributed by atoms with Gasteiger partial charge in [-0.15, -0.1) is 0 Å². The van der Waals surface area contributed by atoms with E-state index in [1.54, 1.807) is 6.92 Å². The first-order valence-electron chi connectivity index (χ1n) is 8.74. The Morgan fingerprint density at radius 1 is 1.24 bits per heavy atom. The van der Waals surface area contributed by atoms with E-state index in [1.165, 1.54) is 4.90 Å². The van der Waals surface area contributed by atoms with Crippen molar-refractivity contribution in [2.75, 3.05) is 6.54 Å². The first-order valence-corrected chi connectivity index (χ1v) is 8.74. The molecule has 6 nitrogen and oxygen atoms in total. The maximum absolute atomic E-state index is 12.9. The predicted octanol–water partition coefficient (Wildman–Crippen LogP) is 1.82. The molecule has 2 N–H and O–H groups in total. The molecule has 0 bridgehead atoms. The summed E-state index contributed by atoms with van der Waals surface area (Å²) in [7, 11) is 0. The Hall–Kier alpha value is -2.21. The van der Waals surface area contributed by atoms with E-state index in [-0.39, 0.29) is 24.3 Å². The lowest BCUT2D eigenvalue weighted by Crippen LogP contribution is -2.56. The normalized spacial score (nSPS) is 31.7. The van der Waals surface area contributed by atoms with Gasteiger partial charge in [-0.3, -0.25) is 24.6 Å². The van der Waals surface area contributed by atoms with Gasteiger partial charge in [-0.1, -0.05) is 44.2 Å². The second-order valence-corrected chi connectivity index (χ2v) is 7.33. The van der Waals surface area contributed by atoms with Crippen LogP contribution in [0.4, 0.5) is 0 Å². The quantitative estimate of drug-likeness (QED) is 0.796. The van der Waals surface area contributed by atoms with E-state index in [9.17, 15) is 19.5 Å². The van der Waals surface area contributed by atoms with Gasteiger partial charge in [-0.2, -0.15) is 0 Å². The molecule has 0 aromatic heterocycles. The Labute approximate surface area is 147 Å². The zero-order chi connectivity index (χ0) is 18.4. The number of imide groups is 1. The van der Waals surface area contributed by atoms with E-state index in [4.69, 9.17) is 0 Å². The van der Waals surface area contributed by atoms with Crippen molar-refractivity contribution in [3.8, 4) is 0 Å². The summed E-state index contributed by atoms with van der Waals surface area (Å²) in [5.74, 6) is -3.18. The van der Waals surface area contributed by atoms with Gasteiger partial charge in [0.1, 0.15) is 5.54 Å². The maximum atomic E-state index is 12.9. The van der Waals surface area contributed by atoms with Gasteiger partial charge < -0.3 is 5.11 Å². The largest absolute Gasteiger partial charge is 0.480 e. The van der Waals surface area contributed by atoms with Crippen molar-refractivity contribution in [3.05, 3.63) is 35.9 Å². The fraction of sp³-hybridized carbons (Fsp3) is 0.526. The van der Waals surface area contributed by atoms with E-state index in [2.05, 4.69) is 5.32 Å². The lowest BCUT2D eigenvalue weighted by Gasteiger charge is -2.32. The summed E-state index contributed by atoms with van der Waals surface area (Å²) in [6, 6.07) is 8.84. The number of nitrogens with zero attached hydrogens (tertiary/aromatic N) is 1. The van der Waals surface area contributed by atoms with Crippen molar-refractivity contribution in [2.45, 2.75) is 38.8 Å². The van der Waals surface area contributed by atoms with Gasteiger partial charge in [0.05, 0.1) is 11.8 Å². The third-order valence-electron chi connectivity index (χ3n) is 5.33. The van der Waals surface area contributed by atoms with Crippen molar-refractivity contribution in [1.82, 2.24) is 10.2 Å². The van der Waals surface area contributed by atoms with Crippen molar-refractivity contribution in [1.29, 1.82) is 0 Å². The van der Waals surface area contributed by atoms with Crippen LogP contribution >= 0.6 is 0 Å². The number of hydrogen-bond acceptors (Lipinski definition) is 4. The van der Waals surface area contributed by atoms with Gasteiger partial charge in [0.15, 0.2) is 0 Å². The van der Waals surface area contributed by atoms with Crippen LogP contribution in [-0.2, 0) is 14.4 Å². The number of rotatable bonds is 5. The van der Waals surface area contributed by atoms with Crippen LogP contribution in [0.3, 0.4) is 0 Å². The van der Waals surface area contributed by atoms with E-state index in [0.29, 0.717) is 6.42 Å². The Bertz CT molecular complexity index is 703. The molecule has 2 aliphatic rings. The van der Waals surface area contributed by atoms with E-state index in [0.717, 1.165) is 5.56 Å². The first kappa shape index (κ1) is 17.6. The summed E-state index contributed by atoms with van der Waals surface area (Å²) in [4.78, 5) is 39.3. The molecule has 2 fully saturated rings. The number of fused-ring (bicyclic) bond motifs is 1. The highest BCUT2D eigenvalue weighted by molar-refractivity contribution is 6.09. The third kappa shape index (κ3) is 2.56. The maximum Gasteiger partial charge on any atom is 0.324 e. The monoisotopic (exact) mass is 344 g/mol. The molecule has 2 aliphatic heterocycles. The Morgan fingerprint density at radius 2 is 1.88 bits per heavy atom. The fourth-order valence-electron chi connectivity index (χ4n) is 4.44. The summed E-state index contributed by atoms with van der Waals surface area (Å²) < 4.78 is 0. The van der Waals surface area contributed by atoms with Gasteiger partial charge in [0.25, 0.3) is 0 Å². The molecule has 4 atom stereocenters. The average Bonchev–Trinajstić information content (AvgIpc) is 3.03. The van der Waals surface area contributed by atoms with Gasteiger partial charge >= 0.3 is 5.97 Å². The molecular weight excluding hydrogens is 320 g/mol. The molecule has 1 aromatic carbocycles. The Morgan fingerprint density at radius 3 is 2.40 bits per heavy atom.